The van der Waals surface area contributed by atoms with Crippen LogP contribution < -0.4 is 10.2 Å². The minimum absolute atomic E-state index is 0.0465. The van der Waals surface area contributed by atoms with Crippen molar-refractivity contribution in [1.82, 2.24) is 9.80 Å². The second-order valence-electron chi connectivity index (χ2n) is 10.4. The fraction of sp³-hybridized carbons (Fsp3) is 0.323. The number of piperazine rings is 1. The summed E-state index contributed by atoms with van der Waals surface area (Å²) in [6.07, 6.45) is -5.00. The van der Waals surface area contributed by atoms with Gasteiger partial charge in [0.05, 0.1) is 10.9 Å². The van der Waals surface area contributed by atoms with E-state index in [4.69, 9.17) is 9.15 Å². The lowest BCUT2D eigenvalue weighted by Gasteiger charge is -2.34. The smallest absolute Gasteiger partial charge is 0.453 e. The molecule has 0 bridgehead atoms. The molecule has 0 amide bonds. The van der Waals surface area contributed by atoms with Crippen molar-refractivity contribution in [3.63, 3.8) is 0 Å². The number of hydrogen-bond donors (Lipinski definition) is 1. The van der Waals surface area contributed by atoms with E-state index in [0.717, 1.165) is 19.6 Å². The molecule has 1 aromatic heterocycles. The molecule has 1 saturated heterocycles. The molecule has 0 spiro atoms. The Bertz CT molecular complexity index is 1540. The molecule has 1 N–H and O–H groups in total. The van der Waals surface area contributed by atoms with Crippen LogP contribution in [0.4, 0.5) is 13.2 Å². The van der Waals surface area contributed by atoms with E-state index in [1.165, 1.54) is 23.8 Å². The molecule has 6 nitrogen and oxygen atoms in total. The van der Waals surface area contributed by atoms with E-state index in [-0.39, 0.29) is 40.5 Å². The van der Waals surface area contributed by atoms with Crippen LogP contribution in [0.25, 0.3) is 11.0 Å². The zero-order valence-electron chi connectivity index (χ0n) is 22.4. The Morgan fingerprint density at radius 1 is 0.900 bits per heavy atom. The number of halogens is 3. The number of rotatable bonds is 7. The SMILES string of the molecule is CC(C)c1ccccc1Oc1c(C(F)(F)F)oc2c(CN3CCN(Cc4ccccc4)CC3)c(O)ccc2c1=O. The molecule has 1 aliphatic heterocycles. The maximum absolute atomic E-state index is 14.2. The van der Waals surface area contributed by atoms with Gasteiger partial charge in [0, 0.05) is 39.3 Å². The molecule has 3 aromatic carbocycles. The van der Waals surface area contributed by atoms with Gasteiger partial charge in [0.2, 0.25) is 11.2 Å². The van der Waals surface area contributed by atoms with Crippen LogP contribution in [0.15, 0.2) is 75.9 Å². The van der Waals surface area contributed by atoms with Crippen molar-refractivity contribution in [2.75, 3.05) is 26.2 Å². The van der Waals surface area contributed by atoms with Crippen LogP contribution in [0.2, 0.25) is 0 Å². The summed E-state index contributed by atoms with van der Waals surface area (Å²) in [5.41, 5.74) is 0.784. The molecule has 4 aromatic rings. The number of nitrogens with zero attached hydrogens (tertiary/aromatic N) is 2. The summed E-state index contributed by atoms with van der Waals surface area (Å²) in [6, 6.07) is 19.4. The van der Waals surface area contributed by atoms with Gasteiger partial charge in [0.25, 0.3) is 5.76 Å². The average molecular weight is 553 g/mol. The second-order valence-corrected chi connectivity index (χ2v) is 10.4. The number of hydrogen-bond acceptors (Lipinski definition) is 6. The molecule has 0 radical (unpaired) electrons. The lowest BCUT2D eigenvalue weighted by atomic mass is 10.0. The molecule has 0 unspecified atom stereocenters. The van der Waals surface area contributed by atoms with Gasteiger partial charge in [-0.15, -0.1) is 0 Å². The lowest BCUT2D eigenvalue weighted by Crippen LogP contribution is -2.45. The highest BCUT2D eigenvalue weighted by Crippen LogP contribution is 2.41. The number of benzene rings is 3. The van der Waals surface area contributed by atoms with Gasteiger partial charge in [-0.05, 0) is 35.2 Å². The molecule has 0 atom stereocenters. The van der Waals surface area contributed by atoms with Gasteiger partial charge in [-0.25, -0.2) is 0 Å². The largest absolute Gasteiger partial charge is 0.507 e. The van der Waals surface area contributed by atoms with Crippen molar-refractivity contribution in [2.24, 2.45) is 0 Å². The third kappa shape index (κ3) is 5.85. The van der Waals surface area contributed by atoms with Crippen molar-refractivity contribution in [3.05, 3.63) is 99.4 Å². The summed E-state index contributed by atoms with van der Waals surface area (Å²) in [7, 11) is 0. The van der Waals surface area contributed by atoms with Gasteiger partial charge in [-0.2, -0.15) is 13.2 Å². The minimum Gasteiger partial charge on any atom is -0.507 e. The summed E-state index contributed by atoms with van der Waals surface area (Å²) < 4.78 is 53.8. The lowest BCUT2D eigenvalue weighted by molar-refractivity contribution is -0.154. The summed E-state index contributed by atoms with van der Waals surface area (Å²) in [4.78, 5) is 17.8. The van der Waals surface area contributed by atoms with E-state index in [0.29, 0.717) is 18.7 Å². The Balaban J connectivity index is 1.46. The van der Waals surface area contributed by atoms with Crippen LogP contribution >= 0.6 is 0 Å². The van der Waals surface area contributed by atoms with Crippen molar-refractivity contribution in [1.29, 1.82) is 0 Å². The Morgan fingerprint density at radius 2 is 1.52 bits per heavy atom. The molecule has 5 rings (SSSR count). The Hall–Kier alpha value is -3.82. The molecule has 0 aliphatic carbocycles. The van der Waals surface area contributed by atoms with Crippen molar-refractivity contribution >= 4 is 11.0 Å². The molecular formula is C31H31F3N2O4. The van der Waals surface area contributed by atoms with E-state index >= 15 is 0 Å². The zero-order valence-corrected chi connectivity index (χ0v) is 22.4. The zero-order chi connectivity index (χ0) is 28.4. The van der Waals surface area contributed by atoms with Crippen LogP contribution in [0.1, 0.15) is 42.2 Å². The second kappa shape index (κ2) is 11.3. The van der Waals surface area contributed by atoms with Crippen LogP contribution in [-0.2, 0) is 19.3 Å². The summed E-state index contributed by atoms with van der Waals surface area (Å²) in [5.74, 6) is -2.56. The van der Waals surface area contributed by atoms with Gasteiger partial charge >= 0.3 is 6.18 Å². The van der Waals surface area contributed by atoms with Crippen molar-refractivity contribution < 1.29 is 27.4 Å². The highest BCUT2D eigenvalue weighted by Gasteiger charge is 2.41. The molecule has 210 valence electrons. The number of alkyl halides is 3. The van der Waals surface area contributed by atoms with Gasteiger partial charge in [0.15, 0.2) is 0 Å². The third-order valence-electron chi connectivity index (χ3n) is 7.20. The van der Waals surface area contributed by atoms with E-state index in [1.54, 1.807) is 18.2 Å². The Kier molecular flexibility index (Phi) is 7.87. The normalized spacial score (nSPS) is 15.2. The first-order valence-corrected chi connectivity index (χ1v) is 13.3. The maximum Gasteiger partial charge on any atom is 0.453 e. The Labute approximate surface area is 230 Å². The number of para-hydroxylation sites is 1. The third-order valence-corrected chi connectivity index (χ3v) is 7.20. The Morgan fingerprint density at radius 3 is 2.17 bits per heavy atom. The number of phenolic OH excluding ortho intramolecular Hbond substituents is 1. The fourth-order valence-corrected chi connectivity index (χ4v) is 5.05. The molecule has 2 heterocycles. The summed E-state index contributed by atoms with van der Waals surface area (Å²) in [5, 5.41) is 10.6. The van der Waals surface area contributed by atoms with Crippen LogP contribution in [0.5, 0.6) is 17.2 Å². The first-order chi connectivity index (χ1) is 19.1. The standard InChI is InChI=1S/C31H31F3N2O4/c1-20(2)22-10-6-7-11-26(22)39-29-27(38)23-12-13-25(37)24(28(23)40-30(29)31(32,33)34)19-36-16-14-35(15-17-36)18-21-8-4-3-5-9-21/h3-13,20,37H,14-19H2,1-2H3. The quantitative estimate of drug-likeness (QED) is 0.274. The predicted octanol–water partition coefficient (Wildman–Crippen LogP) is 6.75. The van der Waals surface area contributed by atoms with Crippen molar-refractivity contribution in [2.45, 2.75) is 39.0 Å². The van der Waals surface area contributed by atoms with Gasteiger partial charge in [-0.3, -0.25) is 14.6 Å². The highest BCUT2D eigenvalue weighted by molar-refractivity contribution is 5.83. The fourth-order valence-electron chi connectivity index (χ4n) is 5.05. The highest BCUT2D eigenvalue weighted by atomic mass is 19.4. The molecular weight excluding hydrogens is 521 g/mol. The maximum atomic E-state index is 14.2. The van der Waals surface area contributed by atoms with Crippen LogP contribution in [-0.4, -0.2) is 41.1 Å². The first-order valence-electron chi connectivity index (χ1n) is 13.3. The van der Waals surface area contributed by atoms with Crippen molar-refractivity contribution in [3.8, 4) is 17.2 Å². The molecule has 1 aliphatic rings. The van der Waals surface area contributed by atoms with E-state index < -0.39 is 23.1 Å². The van der Waals surface area contributed by atoms with E-state index in [1.807, 2.05) is 36.9 Å². The van der Waals surface area contributed by atoms with Gasteiger partial charge in [-0.1, -0.05) is 62.4 Å². The average Bonchev–Trinajstić information content (AvgIpc) is 2.92. The monoisotopic (exact) mass is 552 g/mol. The number of phenols is 1. The predicted molar refractivity (Wildman–Crippen MR) is 147 cm³/mol. The van der Waals surface area contributed by atoms with Gasteiger partial charge < -0.3 is 14.3 Å². The van der Waals surface area contributed by atoms with E-state index in [9.17, 15) is 23.1 Å². The number of ether oxygens (including phenoxy) is 1. The number of aromatic hydroxyl groups is 1. The molecule has 1 fully saturated rings. The summed E-state index contributed by atoms with van der Waals surface area (Å²) in [6.45, 7) is 7.51. The topological polar surface area (TPSA) is 66.2 Å². The number of fused-ring (bicyclic) bond motifs is 1. The summed E-state index contributed by atoms with van der Waals surface area (Å²) >= 11 is 0. The first kappa shape index (κ1) is 27.7. The van der Waals surface area contributed by atoms with Crippen LogP contribution in [0, 0.1) is 0 Å². The molecule has 0 saturated carbocycles. The molecule has 9 heteroatoms. The minimum atomic E-state index is -5.00. The molecule has 40 heavy (non-hydrogen) atoms. The van der Waals surface area contributed by atoms with Crippen LogP contribution in [0.3, 0.4) is 0 Å². The van der Waals surface area contributed by atoms with E-state index in [2.05, 4.69) is 17.0 Å². The van der Waals surface area contributed by atoms with Gasteiger partial charge in [0.1, 0.15) is 17.1 Å².